The van der Waals surface area contributed by atoms with Crippen molar-refractivity contribution in [3.63, 3.8) is 0 Å². The van der Waals surface area contributed by atoms with Gasteiger partial charge in [-0.1, -0.05) is 6.92 Å². The van der Waals surface area contributed by atoms with E-state index in [-0.39, 0.29) is 30.3 Å². The molecule has 2 aliphatic heterocycles. The largest absolute Gasteiger partial charge is 0.461 e. The fourth-order valence-electron chi connectivity index (χ4n) is 4.93. The zero-order valence-electron chi connectivity index (χ0n) is 14.3. The van der Waals surface area contributed by atoms with Crippen molar-refractivity contribution >= 4 is 11.8 Å². The molecule has 0 unspecified atom stereocenters. The summed E-state index contributed by atoms with van der Waals surface area (Å²) in [5.41, 5.74) is 0. The van der Waals surface area contributed by atoms with E-state index >= 15 is 0 Å². The number of rotatable bonds is 3. The Hall–Kier alpha value is -1.70. The van der Waals surface area contributed by atoms with Crippen LogP contribution < -0.4 is 0 Å². The Morgan fingerprint density at radius 1 is 1.28 bits per heavy atom. The third kappa shape index (κ3) is 2.22. The van der Waals surface area contributed by atoms with Gasteiger partial charge in [-0.25, -0.2) is 0 Å². The van der Waals surface area contributed by atoms with Gasteiger partial charge in [-0.2, -0.15) is 0 Å². The minimum absolute atomic E-state index is 0.153. The summed E-state index contributed by atoms with van der Waals surface area (Å²) in [7, 11) is 1.51. The number of fused-ring (bicyclic) bond motifs is 3. The lowest BCUT2D eigenvalue weighted by molar-refractivity contribution is -0.270. The van der Waals surface area contributed by atoms with Crippen molar-refractivity contribution in [3.8, 4) is 0 Å². The van der Waals surface area contributed by atoms with Gasteiger partial charge in [0, 0.05) is 18.9 Å². The van der Waals surface area contributed by atoms with E-state index < -0.39 is 23.7 Å². The van der Waals surface area contributed by atoms with Crippen LogP contribution in [0.15, 0.2) is 16.5 Å². The number of likely N-dealkylation sites (tertiary alicyclic amines) is 1. The van der Waals surface area contributed by atoms with Crippen molar-refractivity contribution in [1.29, 1.82) is 0 Å². The number of imide groups is 1. The first-order valence-corrected chi connectivity index (χ1v) is 8.81. The maximum absolute atomic E-state index is 12.6. The molecule has 0 aromatic carbocycles. The maximum atomic E-state index is 12.6. The second-order valence-corrected chi connectivity index (χ2v) is 7.37. The van der Waals surface area contributed by atoms with Gasteiger partial charge in [-0.05, 0) is 31.4 Å². The molecule has 3 heterocycles. The molecular weight excluding hydrogens is 326 g/mol. The minimum atomic E-state index is -1.44. The molecule has 2 saturated heterocycles. The number of carbonyl (C=O) groups excluding carboxylic acids is 2. The molecule has 2 amide bonds. The molecule has 1 saturated carbocycles. The van der Waals surface area contributed by atoms with Crippen LogP contribution in [-0.4, -0.2) is 39.8 Å². The van der Waals surface area contributed by atoms with Crippen molar-refractivity contribution in [2.24, 2.45) is 23.7 Å². The normalized spacial score (nSPS) is 40.5. The van der Waals surface area contributed by atoms with Gasteiger partial charge < -0.3 is 19.4 Å². The molecule has 1 aromatic heterocycles. The van der Waals surface area contributed by atoms with Gasteiger partial charge in [0.2, 0.25) is 11.8 Å². The van der Waals surface area contributed by atoms with E-state index in [0.29, 0.717) is 30.8 Å². The third-order valence-corrected chi connectivity index (χ3v) is 6.23. The Bertz CT molecular complexity index is 714. The van der Waals surface area contributed by atoms with Crippen LogP contribution in [0.1, 0.15) is 43.8 Å². The van der Waals surface area contributed by atoms with E-state index in [9.17, 15) is 19.8 Å². The SMILES string of the molecule is CC[C@H]1C[C@@H]2C(=O)N(C)C(=O)[C@@H]2[C@@H]2C[C@@H](c3ccc(CO)o3)O[C@]12O. The second kappa shape index (κ2) is 5.65. The van der Waals surface area contributed by atoms with E-state index in [0.717, 1.165) is 0 Å². The Morgan fingerprint density at radius 3 is 2.68 bits per heavy atom. The highest BCUT2D eigenvalue weighted by molar-refractivity contribution is 6.05. The molecule has 0 radical (unpaired) electrons. The van der Waals surface area contributed by atoms with E-state index in [4.69, 9.17) is 9.15 Å². The van der Waals surface area contributed by atoms with E-state index in [1.807, 2.05) is 6.92 Å². The number of hydrogen-bond donors (Lipinski definition) is 2. The summed E-state index contributed by atoms with van der Waals surface area (Å²) in [5, 5.41) is 20.5. The standard InChI is InChI=1S/C18H23NO6/c1-3-9-6-11-15(17(22)19(2)16(11)21)12-7-14(25-18(9,12)23)13-5-4-10(8-20)24-13/h4-5,9,11-12,14-15,20,23H,3,6-8H2,1-2H3/t9-,11-,12-,14-,15-,18+/m0/s1. The van der Waals surface area contributed by atoms with E-state index in [1.165, 1.54) is 11.9 Å². The first-order valence-electron chi connectivity index (χ1n) is 8.81. The molecule has 0 spiro atoms. The van der Waals surface area contributed by atoms with Crippen molar-refractivity contribution < 1.29 is 29.0 Å². The fourth-order valence-corrected chi connectivity index (χ4v) is 4.93. The number of aliphatic hydroxyl groups is 2. The first kappa shape index (κ1) is 16.8. The van der Waals surface area contributed by atoms with E-state index in [2.05, 4.69) is 0 Å². The fraction of sp³-hybridized carbons (Fsp3) is 0.667. The minimum Gasteiger partial charge on any atom is -0.461 e. The molecule has 7 heteroatoms. The lowest BCUT2D eigenvalue weighted by atomic mass is 9.64. The first-order chi connectivity index (χ1) is 11.9. The van der Waals surface area contributed by atoms with Crippen LogP contribution >= 0.6 is 0 Å². The second-order valence-electron chi connectivity index (χ2n) is 7.37. The van der Waals surface area contributed by atoms with Crippen LogP contribution in [0.4, 0.5) is 0 Å². The van der Waals surface area contributed by atoms with Gasteiger partial charge in [0.1, 0.15) is 24.2 Å². The summed E-state index contributed by atoms with van der Waals surface area (Å²) in [4.78, 5) is 26.2. The molecule has 1 aliphatic carbocycles. The van der Waals surface area contributed by atoms with Gasteiger partial charge in [0.15, 0.2) is 5.79 Å². The van der Waals surface area contributed by atoms with Gasteiger partial charge in [0.05, 0.1) is 11.8 Å². The number of nitrogens with zero attached hydrogens (tertiary/aromatic N) is 1. The maximum Gasteiger partial charge on any atom is 0.233 e. The molecule has 1 aromatic rings. The number of furan rings is 1. The molecule has 136 valence electrons. The topological polar surface area (TPSA) is 100 Å². The molecule has 6 atom stereocenters. The zero-order chi connectivity index (χ0) is 17.9. The molecule has 25 heavy (non-hydrogen) atoms. The molecule has 3 aliphatic rings. The summed E-state index contributed by atoms with van der Waals surface area (Å²) in [6, 6.07) is 3.39. The highest BCUT2D eigenvalue weighted by atomic mass is 16.6. The van der Waals surface area contributed by atoms with Crippen molar-refractivity contribution in [3.05, 3.63) is 23.7 Å². The van der Waals surface area contributed by atoms with E-state index in [1.54, 1.807) is 12.1 Å². The number of carbonyl (C=O) groups is 2. The molecule has 7 nitrogen and oxygen atoms in total. The van der Waals surface area contributed by atoms with Gasteiger partial charge in [-0.3, -0.25) is 14.5 Å². The van der Waals surface area contributed by atoms with Crippen LogP contribution in [0.2, 0.25) is 0 Å². The van der Waals surface area contributed by atoms with Crippen molar-refractivity contribution in [2.75, 3.05) is 7.05 Å². The average molecular weight is 349 g/mol. The Labute approximate surface area is 145 Å². The van der Waals surface area contributed by atoms with Gasteiger partial charge in [-0.15, -0.1) is 0 Å². The molecule has 0 bridgehead atoms. The Kier molecular flexibility index (Phi) is 3.79. The Balaban J connectivity index is 1.70. The predicted octanol–water partition coefficient (Wildman–Crippen LogP) is 1.20. The third-order valence-electron chi connectivity index (χ3n) is 6.23. The highest BCUT2D eigenvalue weighted by Crippen LogP contribution is 2.58. The van der Waals surface area contributed by atoms with Gasteiger partial charge in [0.25, 0.3) is 0 Å². The van der Waals surface area contributed by atoms with Crippen molar-refractivity contribution in [1.82, 2.24) is 4.90 Å². The highest BCUT2D eigenvalue weighted by Gasteiger charge is 2.66. The van der Waals surface area contributed by atoms with Crippen LogP contribution in [-0.2, 0) is 20.9 Å². The summed E-state index contributed by atoms with van der Waals surface area (Å²) >= 11 is 0. The Morgan fingerprint density at radius 2 is 2.04 bits per heavy atom. The molecular formula is C18H23NO6. The number of ether oxygens (including phenoxy) is 1. The van der Waals surface area contributed by atoms with Crippen LogP contribution in [0.25, 0.3) is 0 Å². The number of hydrogen-bond acceptors (Lipinski definition) is 6. The molecule has 3 fully saturated rings. The summed E-state index contributed by atoms with van der Waals surface area (Å²) in [6.45, 7) is 1.75. The van der Waals surface area contributed by atoms with Crippen LogP contribution in [0.3, 0.4) is 0 Å². The monoisotopic (exact) mass is 349 g/mol. The lowest BCUT2D eigenvalue weighted by Gasteiger charge is -2.44. The summed E-state index contributed by atoms with van der Waals surface area (Å²) < 4.78 is 11.6. The van der Waals surface area contributed by atoms with Gasteiger partial charge >= 0.3 is 0 Å². The number of aliphatic hydroxyl groups excluding tert-OH is 1. The van der Waals surface area contributed by atoms with Crippen LogP contribution in [0.5, 0.6) is 0 Å². The quantitative estimate of drug-likeness (QED) is 0.796. The zero-order valence-corrected chi connectivity index (χ0v) is 14.3. The summed E-state index contributed by atoms with van der Waals surface area (Å²) in [6.07, 6.45) is 1.04. The lowest BCUT2D eigenvalue weighted by Crippen LogP contribution is -2.53. The molecule has 4 rings (SSSR count). The molecule has 2 N–H and O–H groups in total. The smallest absolute Gasteiger partial charge is 0.233 e. The average Bonchev–Trinajstić information content (AvgIpc) is 3.26. The van der Waals surface area contributed by atoms with Crippen LogP contribution in [0, 0.1) is 23.7 Å². The predicted molar refractivity (Wildman–Crippen MR) is 84.7 cm³/mol. The summed E-state index contributed by atoms with van der Waals surface area (Å²) in [5.74, 6) is -2.42. The van der Waals surface area contributed by atoms with Crippen molar-refractivity contribution in [2.45, 2.75) is 44.7 Å². The number of amides is 2.